The number of nitrogens with zero attached hydrogens (tertiary/aromatic N) is 1. The van der Waals surface area contributed by atoms with Gasteiger partial charge in [-0.25, -0.2) is 0 Å². The molecule has 22 heavy (non-hydrogen) atoms. The van der Waals surface area contributed by atoms with Crippen molar-refractivity contribution in [2.45, 2.75) is 46.5 Å². The number of carbonyl (C=O) groups is 1. The molecule has 0 atom stereocenters. The molecule has 0 N–H and O–H groups in total. The molecule has 0 saturated heterocycles. The Hall–Kier alpha value is -1.96. The molecule has 1 aromatic rings. The van der Waals surface area contributed by atoms with Crippen LogP contribution >= 0.6 is 0 Å². The molecule has 2 rings (SSSR count). The van der Waals surface area contributed by atoms with E-state index in [0.29, 0.717) is 18.8 Å². The van der Waals surface area contributed by atoms with Gasteiger partial charge in [0.05, 0.1) is 0 Å². The van der Waals surface area contributed by atoms with Crippen LogP contribution in [0.15, 0.2) is 47.6 Å². The van der Waals surface area contributed by atoms with Gasteiger partial charge in [0.25, 0.3) is 0 Å². The maximum atomic E-state index is 11.2. The second-order valence-electron chi connectivity index (χ2n) is 6.21. The number of hydrogen-bond acceptors (Lipinski definition) is 2. The van der Waals surface area contributed by atoms with E-state index in [4.69, 9.17) is 0 Å². The van der Waals surface area contributed by atoms with Crippen LogP contribution in [0.5, 0.6) is 0 Å². The summed E-state index contributed by atoms with van der Waals surface area (Å²) in [7, 11) is 0. The molecule has 1 aliphatic rings. The highest BCUT2D eigenvalue weighted by molar-refractivity contribution is 5.89. The third-order valence-corrected chi connectivity index (χ3v) is 4.16. The van der Waals surface area contributed by atoms with Crippen molar-refractivity contribution in [1.82, 2.24) is 0 Å². The van der Waals surface area contributed by atoms with E-state index in [9.17, 15) is 4.79 Å². The molecular weight excluding hydrogens is 270 g/mol. The summed E-state index contributed by atoms with van der Waals surface area (Å²) in [5.74, 6) is 0.864. The molecule has 0 radical (unpaired) electrons. The number of hydrogen-bond donors (Lipinski definition) is 0. The number of allylic oxidation sites excluding steroid dienone is 2. The first-order chi connectivity index (χ1) is 10.5. The van der Waals surface area contributed by atoms with Gasteiger partial charge in [0.15, 0.2) is 0 Å². The summed E-state index contributed by atoms with van der Waals surface area (Å²) in [4.78, 5) is 15.9. The second-order valence-corrected chi connectivity index (χ2v) is 6.21. The smallest absolute Gasteiger partial charge is 0.130 e. The summed E-state index contributed by atoms with van der Waals surface area (Å²) in [6, 6.07) is 8.26. The van der Waals surface area contributed by atoms with Gasteiger partial charge >= 0.3 is 0 Å². The van der Waals surface area contributed by atoms with Gasteiger partial charge in [-0.1, -0.05) is 30.8 Å². The van der Waals surface area contributed by atoms with Gasteiger partial charge in [-0.3, -0.25) is 4.99 Å². The number of aryl methyl sites for hydroxylation is 1. The lowest BCUT2D eigenvalue weighted by Crippen LogP contribution is -1.97. The Labute approximate surface area is 133 Å². The zero-order valence-corrected chi connectivity index (χ0v) is 13.9. The topological polar surface area (TPSA) is 29.4 Å². The van der Waals surface area contributed by atoms with Crippen LogP contribution in [0.3, 0.4) is 0 Å². The van der Waals surface area contributed by atoms with E-state index < -0.39 is 0 Å². The number of benzene rings is 1. The quantitative estimate of drug-likeness (QED) is 0.506. The summed E-state index contributed by atoms with van der Waals surface area (Å²) in [6.07, 6.45) is 5.68. The number of rotatable bonds is 7. The molecule has 1 fully saturated rings. The lowest BCUT2D eigenvalue weighted by Gasteiger charge is -2.13. The Bertz CT molecular complexity index is 633. The molecule has 1 aromatic carbocycles. The van der Waals surface area contributed by atoms with Crippen LogP contribution in [0.2, 0.25) is 0 Å². The van der Waals surface area contributed by atoms with E-state index in [0.717, 1.165) is 16.7 Å². The molecule has 0 heterocycles. The third-order valence-electron chi connectivity index (χ3n) is 4.16. The zero-order valence-electron chi connectivity index (χ0n) is 13.9. The van der Waals surface area contributed by atoms with E-state index in [1.165, 1.54) is 24.1 Å². The summed E-state index contributed by atoms with van der Waals surface area (Å²) in [5.41, 5.74) is 5.60. The van der Waals surface area contributed by atoms with E-state index in [-0.39, 0.29) is 5.78 Å². The number of ketones is 1. The van der Waals surface area contributed by atoms with Gasteiger partial charge in [-0.05, 0) is 62.7 Å². The Balaban J connectivity index is 2.29. The van der Waals surface area contributed by atoms with Crippen LogP contribution in [-0.2, 0) is 4.79 Å². The summed E-state index contributed by atoms with van der Waals surface area (Å²) in [6.45, 7) is 10.0. The molecule has 0 amide bonds. The largest absolute Gasteiger partial charge is 0.300 e. The predicted octanol–water partition coefficient (Wildman–Crippen LogP) is 5.13. The zero-order chi connectivity index (χ0) is 16.1. The Kier molecular flexibility index (Phi) is 5.48. The third kappa shape index (κ3) is 4.52. The standard InChI is InChI=1S/C20H25NO/c1-14-7-5-6-8-19(14)20(15(2)9-10-16(3)22)13-21-17(4)18-11-12-18/h5-8,13,18H,2,9-12H2,1,3-4H3/b20-13+,21-17?. The molecule has 0 bridgehead atoms. The van der Waals surface area contributed by atoms with Gasteiger partial charge in [-0.2, -0.15) is 0 Å². The molecule has 2 nitrogen and oxygen atoms in total. The fourth-order valence-electron chi connectivity index (χ4n) is 2.46. The lowest BCUT2D eigenvalue weighted by atomic mass is 9.93. The van der Waals surface area contributed by atoms with Crippen molar-refractivity contribution in [3.8, 4) is 0 Å². The monoisotopic (exact) mass is 295 g/mol. The van der Waals surface area contributed by atoms with Crippen molar-refractivity contribution in [2.24, 2.45) is 10.9 Å². The number of aliphatic imine (C=N–C) groups is 1. The van der Waals surface area contributed by atoms with Crippen LogP contribution in [-0.4, -0.2) is 11.5 Å². The highest BCUT2D eigenvalue weighted by atomic mass is 16.1. The van der Waals surface area contributed by atoms with Crippen molar-refractivity contribution in [3.05, 3.63) is 53.7 Å². The minimum absolute atomic E-state index is 0.197. The summed E-state index contributed by atoms with van der Waals surface area (Å²) >= 11 is 0. The van der Waals surface area contributed by atoms with Crippen LogP contribution in [0.4, 0.5) is 0 Å². The fourth-order valence-corrected chi connectivity index (χ4v) is 2.46. The molecular formula is C20H25NO. The van der Waals surface area contributed by atoms with Crippen LogP contribution in [0.25, 0.3) is 5.57 Å². The van der Waals surface area contributed by atoms with Crippen molar-refractivity contribution in [2.75, 3.05) is 0 Å². The maximum absolute atomic E-state index is 11.2. The van der Waals surface area contributed by atoms with Crippen molar-refractivity contribution < 1.29 is 4.79 Å². The van der Waals surface area contributed by atoms with Gasteiger partial charge < -0.3 is 4.79 Å². The van der Waals surface area contributed by atoms with Crippen LogP contribution < -0.4 is 0 Å². The van der Waals surface area contributed by atoms with E-state index in [1.807, 2.05) is 18.3 Å². The second kappa shape index (κ2) is 7.35. The van der Waals surface area contributed by atoms with Crippen molar-refractivity contribution in [1.29, 1.82) is 0 Å². The highest BCUT2D eigenvalue weighted by Crippen LogP contribution is 2.32. The fraction of sp³-hybridized carbons (Fsp3) is 0.400. The molecule has 0 spiro atoms. The molecule has 116 valence electrons. The van der Waals surface area contributed by atoms with E-state index in [1.54, 1.807) is 6.92 Å². The van der Waals surface area contributed by atoms with Gasteiger partial charge in [0.2, 0.25) is 0 Å². The Morgan fingerprint density at radius 3 is 2.55 bits per heavy atom. The van der Waals surface area contributed by atoms with E-state index in [2.05, 4.69) is 37.6 Å². The number of Topliss-reactive ketones (excluding diaryl/α,β-unsaturated/α-hetero) is 1. The molecule has 0 aliphatic heterocycles. The summed E-state index contributed by atoms with van der Waals surface area (Å²) < 4.78 is 0. The minimum atomic E-state index is 0.197. The van der Waals surface area contributed by atoms with Crippen LogP contribution in [0, 0.1) is 12.8 Å². The molecule has 1 saturated carbocycles. The van der Waals surface area contributed by atoms with Gasteiger partial charge in [0, 0.05) is 23.9 Å². The molecule has 0 aromatic heterocycles. The van der Waals surface area contributed by atoms with Crippen molar-refractivity contribution in [3.63, 3.8) is 0 Å². The lowest BCUT2D eigenvalue weighted by molar-refractivity contribution is -0.116. The predicted molar refractivity (Wildman–Crippen MR) is 94.0 cm³/mol. The number of carbonyl (C=O) groups excluding carboxylic acids is 1. The van der Waals surface area contributed by atoms with Crippen LogP contribution in [0.1, 0.15) is 50.7 Å². The SMILES string of the molecule is C=C(CCC(C)=O)/C(=C\N=C(C)C1CC1)c1ccccc1C. The van der Waals surface area contributed by atoms with Gasteiger partial charge in [-0.15, -0.1) is 0 Å². The Morgan fingerprint density at radius 2 is 1.95 bits per heavy atom. The van der Waals surface area contributed by atoms with Crippen molar-refractivity contribution >= 4 is 17.1 Å². The molecule has 2 heteroatoms. The summed E-state index contributed by atoms with van der Waals surface area (Å²) in [5, 5.41) is 0. The maximum Gasteiger partial charge on any atom is 0.130 e. The first kappa shape index (κ1) is 16.4. The molecule has 0 unspecified atom stereocenters. The average Bonchev–Trinajstić information content (AvgIpc) is 3.31. The normalized spacial score (nSPS) is 15.8. The average molecular weight is 295 g/mol. The minimum Gasteiger partial charge on any atom is -0.300 e. The Morgan fingerprint density at radius 1 is 1.27 bits per heavy atom. The first-order valence-corrected chi connectivity index (χ1v) is 7.97. The molecule has 1 aliphatic carbocycles. The first-order valence-electron chi connectivity index (χ1n) is 7.97. The van der Waals surface area contributed by atoms with E-state index >= 15 is 0 Å². The highest BCUT2D eigenvalue weighted by Gasteiger charge is 2.24. The van der Waals surface area contributed by atoms with Gasteiger partial charge in [0.1, 0.15) is 5.78 Å².